The summed E-state index contributed by atoms with van der Waals surface area (Å²) >= 11 is 0. The van der Waals surface area contributed by atoms with Gasteiger partial charge in [0.15, 0.2) is 11.9 Å². The van der Waals surface area contributed by atoms with Gasteiger partial charge < -0.3 is 14.8 Å². The van der Waals surface area contributed by atoms with Crippen LogP contribution in [0.3, 0.4) is 0 Å². The Labute approximate surface area is 133 Å². The first kappa shape index (κ1) is 18.1. The van der Waals surface area contributed by atoms with Crippen molar-refractivity contribution in [3.05, 3.63) is 46.5 Å². The number of carbonyl (C=O) groups excluding carboxylic acids is 2. The lowest BCUT2D eigenvalue weighted by atomic mass is 10.2. The van der Waals surface area contributed by atoms with Crippen LogP contribution in [0.4, 0.5) is 5.69 Å². The molecule has 0 aliphatic carbocycles. The maximum atomic E-state index is 12.0. The molecule has 8 heteroatoms. The third-order valence-corrected chi connectivity index (χ3v) is 2.76. The van der Waals surface area contributed by atoms with E-state index in [4.69, 9.17) is 9.47 Å². The van der Waals surface area contributed by atoms with E-state index < -0.39 is 22.9 Å². The van der Waals surface area contributed by atoms with E-state index in [9.17, 15) is 19.7 Å². The second-order valence-corrected chi connectivity index (χ2v) is 4.45. The highest BCUT2D eigenvalue weighted by molar-refractivity contribution is 5.93. The SMILES string of the molecule is C=CCNC(=O)[C@@H](C)OC(=O)c1ccc(OCC)c([N+](=O)[O-])c1. The van der Waals surface area contributed by atoms with E-state index in [0.29, 0.717) is 0 Å². The number of benzene rings is 1. The minimum absolute atomic E-state index is 0.0384. The standard InChI is InChI=1S/C15H18N2O6/c1-4-8-16-14(18)10(3)23-15(19)11-6-7-13(22-5-2)12(9-11)17(20)21/h4,6-7,9-10H,1,5,8H2,2-3H3,(H,16,18)/t10-/m1/s1. The summed E-state index contributed by atoms with van der Waals surface area (Å²) in [6.45, 7) is 7.04. The highest BCUT2D eigenvalue weighted by Crippen LogP contribution is 2.28. The van der Waals surface area contributed by atoms with Gasteiger partial charge in [0.1, 0.15) is 0 Å². The van der Waals surface area contributed by atoms with Crippen molar-refractivity contribution in [3.8, 4) is 5.75 Å². The smallest absolute Gasteiger partial charge is 0.339 e. The Balaban J connectivity index is 2.87. The molecule has 1 aromatic carbocycles. The third kappa shape index (κ3) is 5.10. The van der Waals surface area contributed by atoms with Crippen LogP contribution in [0, 0.1) is 10.1 Å². The van der Waals surface area contributed by atoms with Gasteiger partial charge in [-0.2, -0.15) is 0 Å². The molecular formula is C15H18N2O6. The number of rotatable bonds is 8. The molecule has 1 rings (SSSR count). The molecule has 0 saturated carbocycles. The molecule has 1 atom stereocenters. The van der Waals surface area contributed by atoms with E-state index in [1.807, 2.05) is 0 Å². The van der Waals surface area contributed by atoms with Crippen LogP contribution < -0.4 is 10.1 Å². The summed E-state index contributed by atoms with van der Waals surface area (Å²) in [4.78, 5) is 34.0. The van der Waals surface area contributed by atoms with Gasteiger partial charge in [0.25, 0.3) is 5.91 Å². The average molecular weight is 322 g/mol. The molecular weight excluding hydrogens is 304 g/mol. The quantitative estimate of drug-likeness (QED) is 0.339. The molecule has 0 aliphatic rings. The van der Waals surface area contributed by atoms with Crippen molar-refractivity contribution in [2.75, 3.05) is 13.2 Å². The molecule has 124 valence electrons. The van der Waals surface area contributed by atoms with Gasteiger partial charge >= 0.3 is 11.7 Å². The van der Waals surface area contributed by atoms with E-state index in [1.165, 1.54) is 25.1 Å². The number of hydrogen-bond donors (Lipinski definition) is 1. The lowest BCUT2D eigenvalue weighted by molar-refractivity contribution is -0.385. The van der Waals surface area contributed by atoms with Gasteiger partial charge in [-0.25, -0.2) is 4.79 Å². The van der Waals surface area contributed by atoms with E-state index >= 15 is 0 Å². The fourth-order valence-corrected chi connectivity index (χ4v) is 1.66. The zero-order chi connectivity index (χ0) is 17.4. The summed E-state index contributed by atoms with van der Waals surface area (Å²) < 4.78 is 10.1. The predicted molar refractivity (Wildman–Crippen MR) is 82.3 cm³/mol. The number of nitro groups is 1. The zero-order valence-electron chi connectivity index (χ0n) is 12.9. The first-order chi connectivity index (χ1) is 10.9. The summed E-state index contributed by atoms with van der Waals surface area (Å²) in [7, 11) is 0. The number of nitro benzene ring substituents is 1. The van der Waals surface area contributed by atoms with Crippen LogP contribution >= 0.6 is 0 Å². The second kappa shape index (κ2) is 8.52. The molecule has 1 amide bonds. The highest BCUT2D eigenvalue weighted by Gasteiger charge is 2.22. The number of nitrogens with zero attached hydrogens (tertiary/aromatic N) is 1. The van der Waals surface area contributed by atoms with Crippen molar-refractivity contribution in [1.82, 2.24) is 5.32 Å². The normalized spacial score (nSPS) is 11.2. The van der Waals surface area contributed by atoms with Crippen LogP contribution in [0.1, 0.15) is 24.2 Å². The minimum Gasteiger partial charge on any atom is -0.487 e. The van der Waals surface area contributed by atoms with E-state index in [-0.39, 0.29) is 30.2 Å². The van der Waals surface area contributed by atoms with Gasteiger partial charge in [-0.05, 0) is 26.0 Å². The minimum atomic E-state index is -1.03. The Hall–Kier alpha value is -2.90. The van der Waals surface area contributed by atoms with Gasteiger partial charge in [0, 0.05) is 12.6 Å². The molecule has 1 aromatic rings. The van der Waals surface area contributed by atoms with Crippen molar-refractivity contribution in [1.29, 1.82) is 0 Å². The number of nitrogens with one attached hydrogen (secondary N) is 1. The summed E-state index contributed by atoms with van der Waals surface area (Å²) in [5, 5.41) is 13.5. The Morgan fingerprint density at radius 3 is 2.74 bits per heavy atom. The molecule has 1 N–H and O–H groups in total. The molecule has 23 heavy (non-hydrogen) atoms. The topological polar surface area (TPSA) is 108 Å². The molecule has 8 nitrogen and oxygen atoms in total. The van der Waals surface area contributed by atoms with Crippen LogP contribution in [0.25, 0.3) is 0 Å². The van der Waals surface area contributed by atoms with Crippen LogP contribution in [0.2, 0.25) is 0 Å². The van der Waals surface area contributed by atoms with Gasteiger partial charge in [-0.1, -0.05) is 6.08 Å². The van der Waals surface area contributed by atoms with Crippen molar-refractivity contribution >= 4 is 17.6 Å². The van der Waals surface area contributed by atoms with Gasteiger partial charge in [-0.15, -0.1) is 6.58 Å². The Morgan fingerprint density at radius 2 is 2.17 bits per heavy atom. The molecule has 0 heterocycles. The van der Waals surface area contributed by atoms with Crippen LogP contribution in [-0.4, -0.2) is 36.1 Å². The largest absolute Gasteiger partial charge is 0.487 e. The Bertz CT molecular complexity index is 614. The first-order valence-electron chi connectivity index (χ1n) is 6.91. The number of hydrogen-bond acceptors (Lipinski definition) is 6. The van der Waals surface area contributed by atoms with Crippen molar-refractivity contribution in [2.45, 2.75) is 20.0 Å². The Morgan fingerprint density at radius 1 is 1.48 bits per heavy atom. The summed E-state index contributed by atoms with van der Waals surface area (Å²) in [6, 6.07) is 3.72. The van der Waals surface area contributed by atoms with Crippen LogP contribution in [-0.2, 0) is 9.53 Å². The van der Waals surface area contributed by atoms with Gasteiger partial charge in [-0.3, -0.25) is 14.9 Å². The number of ether oxygens (including phenoxy) is 2. The zero-order valence-corrected chi connectivity index (χ0v) is 12.9. The molecule has 0 radical (unpaired) electrons. The summed E-state index contributed by atoms with van der Waals surface area (Å²) in [5.74, 6) is -1.26. The van der Waals surface area contributed by atoms with Gasteiger partial charge in [0.05, 0.1) is 17.1 Å². The summed E-state index contributed by atoms with van der Waals surface area (Å²) in [6.07, 6.45) is 0.454. The van der Waals surface area contributed by atoms with E-state index in [2.05, 4.69) is 11.9 Å². The molecule has 0 spiro atoms. The number of esters is 1. The fourth-order valence-electron chi connectivity index (χ4n) is 1.66. The van der Waals surface area contributed by atoms with Crippen LogP contribution in [0.15, 0.2) is 30.9 Å². The molecule has 0 aromatic heterocycles. The first-order valence-corrected chi connectivity index (χ1v) is 6.91. The van der Waals surface area contributed by atoms with Crippen molar-refractivity contribution in [2.24, 2.45) is 0 Å². The van der Waals surface area contributed by atoms with E-state index in [1.54, 1.807) is 6.92 Å². The molecule has 0 saturated heterocycles. The third-order valence-electron chi connectivity index (χ3n) is 2.76. The Kier molecular flexibility index (Phi) is 6.72. The maximum Gasteiger partial charge on any atom is 0.339 e. The molecule has 0 bridgehead atoms. The van der Waals surface area contributed by atoms with Crippen molar-refractivity contribution < 1.29 is 24.0 Å². The van der Waals surface area contributed by atoms with Crippen molar-refractivity contribution in [3.63, 3.8) is 0 Å². The molecule has 0 aliphatic heterocycles. The van der Waals surface area contributed by atoms with E-state index in [0.717, 1.165) is 6.07 Å². The monoisotopic (exact) mass is 322 g/mol. The maximum absolute atomic E-state index is 12.0. The fraction of sp³-hybridized carbons (Fsp3) is 0.333. The van der Waals surface area contributed by atoms with Gasteiger partial charge in [0.2, 0.25) is 0 Å². The highest BCUT2D eigenvalue weighted by atomic mass is 16.6. The number of carbonyl (C=O) groups is 2. The predicted octanol–water partition coefficient (Wildman–Crippen LogP) is 1.84. The summed E-state index contributed by atoms with van der Waals surface area (Å²) in [5.41, 5.74) is -0.381. The molecule has 0 unspecified atom stereocenters. The lowest BCUT2D eigenvalue weighted by Gasteiger charge is -2.13. The number of amides is 1. The lowest BCUT2D eigenvalue weighted by Crippen LogP contribution is -2.35. The second-order valence-electron chi connectivity index (χ2n) is 4.45. The molecule has 0 fully saturated rings. The van der Waals surface area contributed by atoms with Crippen LogP contribution in [0.5, 0.6) is 5.75 Å². The average Bonchev–Trinajstić information content (AvgIpc) is 2.52.